The third kappa shape index (κ3) is 2.43. The molecule has 1 aliphatic rings. The van der Waals surface area contributed by atoms with Crippen LogP contribution in [0.15, 0.2) is 0 Å². The van der Waals surface area contributed by atoms with Crippen molar-refractivity contribution in [3.63, 3.8) is 0 Å². The molecule has 1 N–H and O–H groups in total. The second-order valence-corrected chi connectivity index (χ2v) is 3.22. The standard InChI is InChI=1S/C8H17NO2/c1-9-5-3-7(10)8(11-2)4-6-9/h7-8,10H,3-6H2,1-2H3. The Balaban J connectivity index is 2.41. The van der Waals surface area contributed by atoms with Crippen LogP contribution in [-0.2, 0) is 4.74 Å². The summed E-state index contributed by atoms with van der Waals surface area (Å²) in [4.78, 5) is 2.22. The van der Waals surface area contributed by atoms with Gasteiger partial charge < -0.3 is 14.7 Å². The number of nitrogens with zero attached hydrogens (tertiary/aromatic N) is 1. The Labute approximate surface area is 68.0 Å². The summed E-state index contributed by atoms with van der Waals surface area (Å²) >= 11 is 0. The zero-order chi connectivity index (χ0) is 8.27. The van der Waals surface area contributed by atoms with Gasteiger partial charge >= 0.3 is 0 Å². The van der Waals surface area contributed by atoms with Gasteiger partial charge in [-0.25, -0.2) is 0 Å². The molecule has 0 aliphatic carbocycles. The Hall–Kier alpha value is -0.120. The summed E-state index contributed by atoms with van der Waals surface area (Å²) in [6.07, 6.45) is 1.54. The van der Waals surface area contributed by atoms with Gasteiger partial charge in [-0.05, 0) is 19.9 Å². The predicted octanol–water partition coefficient (Wildman–Crippen LogP) is 0.0879. The van der Waals surface area contributed by atoms with Crippen LogP contribution in [0.1, 0.15) is 12.8 Å². The average Bonchev–Trinajstić information content (AvgIpc) is 2.15. The summed E-state index contributed by atoms with van der Waals surface area (Å²) in [5, 5.41) is 9.52. The van der Waals surface area contributed by atoms with Gasteiger partial charge in [-0.1, -0.05) is 0 Å². The van der Waals surface area contributed by atoms with E-state index in [9.17, 15) is 5.11 Å². The Kier molecular flexibility index (Phi) is 3.30. The molecule has 0 aromatic heterocycles. The van der Waals surface area contributed by atoms with Crippen molar-refractivity contribution in [2.24, 2.45) is 0 Å². The fraction of sp³-hybridized carbons (Fsp3) is 1.00. The van der Waals surface area contributed by atoms with Gasteiger partial charge in [0, 0.05) is 20.2 Å². The van der Waals surface area contributed by atoms with Gasteiger partial charge in [0.1, 0.15) is 0 Å². The molecular formula is C8H17NO2. The predicted molar refractivity (Wildman–Crippen MR) is 43.5 cm³/mol. The molecule has 0 aromatic carbocycles. The molecule has 1 saturated heterocycles. The van der Waals surface area contributed by atoms with Gasteiger partial charge in [0.15, 0.2) is 0 Å². The van der Waals surface area contributed by atoms with E-state index in [-0.39, 0.29) is 12.2 Å². The topological polar surface area (TPSA) is 32.7 Å². The SMILES string of the molecule is COC1CCN(C)CCC1O. The molecule has 0 saturated carbocycles. The van der Waals surface area contributed by atoms with Crippen LogP contribution in [0.2, 0.25) is 0 Å². The highest BCUT2D eigenvalue weighted by atomic mass is 16.5. The molecule has 11 heavy (non-hydrogen) atoms. The normalized spacial score (nSPS) is 35.2. The van der Waals surface area contributed by atoms with Gasteiger partial charge in [0.05, 0.1) is 12.2 Å². The minimum absolute atomic E-state index is 0.0416. The first-order chi connectivity index (χ1) is 5.24. The number of aliphatic hydroxyl groups excluding tert-OH is 1. The quantitative estimate of drug-likeness (QED) is 0.588. The van der Waals surface area contributed by atoms with Crippen molar-refractivity contribution in [2.45, 2.75) is 25.0 Å². The number of ether oxygens (including phenoxy) is 1. The lowest BCUT2D eigenvalue weighted by Gasteiger charge is -2.17. The van der Waals surface area contributed by atoms with Crippen LogP contribution in [0.5, 0.6) is 0 Å². The molecule has 1 heterocycles. The molecule has 3 nitrogen and oxygen atoms in total. The van der Waals surface area contributed by atoms with E-state index < -0.39 is 0 Å². The van der Waals surface area contributed by atoms with Crippen molar-refractivity contribution in [3.8, 4) is 0 Å². The van der Waals surface area contributed by atoms with Crippen LogP contribution in [0.3, 0.4) is 0 Å². The molecule has 3 heteroatoms. The molecule has 2 atom stereocenters. The van der Waals surface area contributed by atoms with Crippen LogP contribution < -0.4 is 0 Å². The van der Waals surface area contributed by atoms with Crippen LogP contribution >= 0.6 is 0 Å². The maximum atomic E-state index is 9.52. The van der Waals surface area contributed by atoms with Crippen molar-refractivity contribution >= 4 is 0 Å². The lowest BCUT2D eigenvalue weighted by atomic mass is 10.1. The molecule has 1 fully saturated rings. The Morgan fingerprint density at radius 1 is 1.36 bits per heavy atom. The molecule has 0 radical (unpaired) electrons. The van der Waals surface area contributed by atoms with Crippen LogP contribution in [0.4, 0.5) is 0 Å². The molecule has 0 bridgehead atoms. The fourth-order valence-corrected chi connectivity index (χ4v) is 1.47. The van der Waals surface area contributed by atoms with Crippen molar-refractivity contribution in [3.05, 3.63) is 0 Å². The van der Waals surface area contributed by atoms with E-state index in [1.54, 1.807) is 7.11 Å². The Morgan fingerprint density at radius 3 is 2.64 bits per heavy atom. The largest absolute Gasteiger partial charge is 0.390 e. The molecule has 0 amide bonds. The number of methoxy groups -OCH3 is 1. The smallest absolute Gasteiger partial charge is 0.0842 e. The first kappa shape index (κ1) is 8.97. The number of likely N-dealkylation sites (tertiary alicyclic amines) is 1. The van der Waals surface area contributed by atoms with Gasteiger partial charge in [0.25, 0.3) is 0 Å². The van der Waals surface area contributed by atoms with E-state index in [1.807, 2.05) is 0 Å². The van der Waals surface area contributed by atoms with Gasteiger partial charge in [0.2, 0.25) is 0 Å². The molecule has 0 spiro atoms. The first-order valence-electron chi connectivity index (χ1n) is 4.13. The summed E-state index contributed by atoms with van der Waals surface area (Å²) in [5.74, 6) is 0. The second kappa shape index (κ2) is 4.04. The Bertz CT molecular complexity index is 119. The van der Waals surface area contributed by atoms with E-state index in [1.165, 1.54) is 0 Å². The van der Waals surface area contributed by atoms with Crippen LogP contribution in [0.25, 0.3) is 0 Å². The van der Waals surface area contributed by atoms with E-state index in [0.717, 1.165) is 25.9 Å². The van der Waals surface area contributed by atoms with E-state index >= 15 is 0 Å². The van der Waals surface area contributed by atoms with Crippen LogP contribution in [0, 0.1) is 0 Å². The first-order valence-corrected chi connectivity index (χ1v) is 4.13. The monoisotopic (exact) mass is 159 g/mol. The second-order valence-electron chi connectivity index (χ2n) is 3.22. The Morgan fingerprint density at radius 2 is 2.00 bits per heavy atom. The number of hydrogen-bond donors (Lipinski definition) is 1. The molecule has 2 unspecified atom stereocenters. The summed E-state index contributed by atoms with van der Waals surface area (Å²) in [6.45, 7) is 2.00. The van der Waals surface area contributed by atoms with Gasteiger partial charge in [-0.3, -0.25) is 0 Å². The van der Waals surface area contributed by atoms with Crippen LogP contribution in [-0.4, -0.2) is 49.5 Å². The summed E-state index contributed by atoms with van der Waals surface area (Å²) in [5.41, 5.74) is 0. The number of aliphatic hydroxyl groups is 1. The molecule has 1 aliphatic heterocycles. The highest BCUT2D eigenvalue weighted by molar-refractivity contribution is 4.75. The number of rotatable bonds is 1. The maximum Gasteiger partial charge on any atom is 0.0842 e. The maximum absolute atomic E-state index is 9.52. The highest BCUT2D eigenvalue weighted by Crippen LogP contribution is 2.12. The highest BCUT2D eigenvalue weighted by Gasteiger charge is 2.22. The lowest BCUT2D eigenvalue weighted by molar-refractivity contribution is -0.0122. The number of hydrogen-bond acceptors (Lipinski definition) is 3. The summed E-state index contributed by atoms with van der Waals surface area (Å²) in [7, 11) is 3.74. The fourth-order valence-electron chi connectivity index (χ4n) is 1.47. The van der Waals surface area contributed by atoms with Gasteiger partial charge in [-0.15, -0.1) is 0 Å². The molecule has 66 valence electrons. The molecule has 0 aromatic rings. The molecular weight excluding hydrogens is 142 g/mol. The van der Waals surface area contributed by atoms with Gasteiger partial charge in [-0.2, -0.15) is 0 Å². The van der Waals surface area contributed by atoms with Crippen molar-refractivity contribution in [1.82, 2.24) is 4.90 Å². The third-order valence-electron chi connectivity index (χ3n) is 2.33. The van der Waals surface area contributed by atoms with E-state index in [0.29, 0.717) is 0 Å². The van der Waals surface area contributed by atoms with Crippen molar-refractivity contribution in [1.29, 1.82) is 0 Å². The minimum atomic E-state index is -0.273. The summed E-state index contributed by atoms with van der Waals surface area (Å²) in [6, 6.07) is 0. The zero-order valence-electron chi connectivity index (χ0n) is 7.29. The van der Waals surface area contributed by atoms with Crippen molar-refractivity contribution < 1.29 is 9.84 Å². The zero-order valence-corrected chi connectivity index (χ0v) is 7.29. The van der Waals surface area contributed by atoms with Crippen molar-refractivity contribution in [2.75, 3.05) is 27.2 Å². The lowest BCUT2D eigenvalue weighted by Crippen LogP contribution is -2.27. The minimum Gasteiger partial charge on any atom is -0.390 e. The summed E-state index contributed by atoms with van der Waals surface area (Å²) < 4.78 is 5.16. The van der Waals surface area contributed by atoms with E-state index in [4.69, 9.17) is 4.74 Å². The third-order valence-corrected chi connectivity index (χ3v) is 2.33. The molecule has 1 rings (SSSR count). The average molecular weight is 159 g/mol. The van der Waals surface area contributed by atoms with E-state index in [2.05, 4.69) is 11.9 Å².